The third-order valence-electron chi connectivity index (χ3n) is 2.70. The van der Waals surface area contributed by atoms with Crippen LogP contribution in [0, 0.1) is 0 Å². The second kappa shape index (κ2) is 4.77. The Labute approximate surface area is 94.1 Å². The highest BCUT2D eigenvalue weighted by molar-refractivity contribution is 7.07. The van der Waals surface area contributed by atoms with Gasteiger partial charge in [-0.3, -0.25) is 4.79 Å². The molecule has 15 heavy (non-hydrogen) atoms. The van der Waals surface area contributed by atoms with Crippen LogP contribution in [-0.2, 0) is 11.3 Å². The summed E-state index contributed by atoms with van der Waals surface area (Å²) in [6.45, 7) is 4.55. The van der Waals surface area contributed by atoms with Gasteiger partial charge in [-0.05, 0) is 35.4 Å². The number of hydrogen-bond donors (Lipinski definition) is 1. The molecule has 4 heteroatoms. The zero-order valence-corrected chi connectivity index (χ0v) is 9.72. The van der Waals surface area contributed by atoms with E-state index in [9.17, 15) is 4.79 Å². The molecule has 1 N–H and O–H groups in total. The van der Waals surface area contributed by atoms with Crippen LogP contribution in [0.2, 0.25) is 0 Å². The lowest BCUT2D eigenvalue weighted by atomic mass is 10.2. The zero-order chi connectivity index (χ0) is 10.7. The van der Waals surface area contributed by atoms with Crippen molar-refractivity contribution in [3.8, 4) is 0 Å². The molecule has 2 rings (SSSR count). The van der Waals surface area contributed by atoms with Crippen LogP contribution in [-0.4, -0.2) is 29.9 Å². The van der Waals surface area contributed by atoms with Crippen molar-refractivity contribution in [1.82, 2.24) is 10.2 Å². The minimum Gasteiger partial charge on any atom is -0.337 e. The molecule has 0 bridgehead atoms. The molecule has 1 fully saturated rings. The van der Waals surface area contributed by atoms with Crippen LogP contribution in [0.5, 0.6) is 0 Å². The number of carbonyl (C=O) groups is 1. The van der Waals surface area contributed by atoms with Crippen molar-refractivity contribution < 1.29 is 4.79 Å². The Morgan fingerprint density at radius 3 is 3.20 bits per heavy atom. The first-order valence-electron chi connectivity index (χ1n) is 5.34. The summed E-state index contributed by atoms with van der Waals surface area (Å²) < 4.78 is 0. The van der Waals surface area contributed by atoms with Crippen LogP contribution >= 0.6 is 11.3 Å². The van der Waals surface area contributed by atoms with Gasteiger partial charge in [0.25, 0.3) is 0 Å². The standard InChI is InChI=1S/C11H16N2OS/c1-2-12-10-3-5-13(11(10)14)7-9-4-6-15-8-9/h4,6,8,10,12H,2-3,5,7H2,1H3. The van der Waals surface area contributed by atoms with Crippen LogP contribution in [0.25, 0.3) is 0 Å². The maximum Gasteiger partial charge on any atom is 0.240 e. The van der Waals surface area contributed by atoms with Crippen molar-refractivity contribution in [3.63, 3.8) is 0 Å². The molecule has 1 atom stereocenters. The number of likely N-dealkylation sites (N-methyl/N-ethyl adjacent to an activating group) is 1. The number of amides is 1. The fraction of sp³-hybridized carbons (Fsp3) is 0.545. The van der Waals surface area contributed by atoms with Gasteiger partial charge >= 0.3 is 0 Å². The maximum atomic E-state index is 11.9. The molecule has 1 aromatic heterocycles. The van der Waals surface area contributed by atoms with Crippen molar-refractivity contribution in [2.24, 2.45) is 0 Å². The minimum atomic E-state index is 0.0497. The first-order chi connectivity index (χ1) is 7.31. The summed E-state index contributed by atoms with van der Waals surface area (Å²) >= 11 is 1.68. The summed E-state index contributed by atoms with van der Waals surface area (Å²) in [7, 11) is 0. The number of rotatable bonds is 4. The van der Waals surface area contributed by atoms with E-state index in [4.69, 9.17) is 0 Å². The average molecular weight is 224 g/mol. The predicted octanol–water partition coefficient (Wildman–Crippen LogP) is 1.46. The summed E-state index contributed by atoms with van der Waals surface area (Å²) in [5, 5.41) is 7.37. The molecule has 0 aromatic carbocycles. The average Bonchev–Trinajstić information content (AvgIpc) is 2.83. The molecule has 1 unspecified atom stereocenters. The van der Waals surface area contributed by atoms with Crippen LogP contribution in [0.1, 0.15) is 18.9 Å². The van der Waals surface area contributed by atoms with Gasteiger partial charge in [0.2, 0.25) is 5.91 Å². The number of likely N-dealkylation sites (tertiary alicyclic amines) is 1. The topological polar surface area (TPSA) is 32.3 Å². The van der Waals surface area contributed by atoms with Crippen molar-refractivity contribution in [2.45, 2.75) is 25.9 Å². The van der Waals surface area contributed by atoms with Gasteiger partial charge in [0, 0.05) is 13.1 Å². The van der Waals surface area contributed by atoms with Gasteiger partial charge in [0.05, 0.1) is 6.04 Å². The van der Waals surface area contributed by atoms with Crippen LogP contribution < -0.4 is 5.32 Å². The second-order valence-electron chi connectivity index (χ2n) is 3.79. The maximum absolute atomic E-state index is 11.9. The Hall–Kier alpha value is -0.870. The Kier molecular flexibility index (Phi) is 3.38. The first kappa shape index (κ1) is 10.6. The Bertz CT molecular complexity index is 323. The Morgan fingerprint density at radius 2 is 2.53 bits per heavy atom. The smallest absolute Gasteiger partial charge is 0.240 e. The molecule has 1 aromatic rings. The van der Waals surface area contributed by atoms with Gasteiger partial charge in [0.15, 0.2) is 0 Å². The number of nitrogens with zero attached hydrogens (tertiary/aromatic N) is 1. The molecule has 1 amide bonds. The van der Waals surface area contributed by atoms with E-state index in [1.807, 2.05) is 11.8 Å². The number of nitrogens with one attached hydrogen (secondary N) is 1. The first-order valence-corrected chi connectivity index (χ1v) is 6.28. The van der Waals surface area contributed by atoms with E-state index in [-0.39, 0.29) is 11.9 Å². The summed E-state index contributed by atoms with van der Waals surface area (Å²) in [5.41, 5.74) is 1.24. The quantitative estimate of drug-likeness (QED) is 0.839. The van der Waals surface area contributed by atoms with Gasteiger partial charge in [-0.15, -0.1) is 0 Å². The largest absolute Gasteiger partial charge is 0.337 e. The minimum absolute atomic E-state index is 0.0497. The molecule has 1 aliphatic rings. The van der Waals surface area contributed by atoms with Crippen molar-refractivity contribution in [2.75, 3.05) is 13.1 Å². The molecule has 0 spiro atoms. The highest BCUT2D eigenvalue weighted by atomic mass is 32.1. The summed E-state index contributed by atoms with van der Waals surface area (Å²) in [4.78, 5) is 13.8. The van der Waals surface area contributed by atoms with Crippen molar-refractivity contribution in [1.29, 1.82) is 0 Å². The summed E-state index contributed by atoms with van der Waals surface area (Å²) in [5.74, 6) is 0.253. The Balaban J connectivity index is 1.93. The third kappa shape index (κ3) is 2.38. The lowest BCUT2D eigenvalue weighted by Crippen LogP contribution is -2.37. The lowest BCUT2D eigenvalue weighted by molar-refractivity contribution is -0.129. The molecule has 82 valence electrons. The third-order valence-corrected chi connectivity index (χ3v) is 3.43. The molecule has 1 saturated heterocycles. The second-order valence-corrected chi connectivity index (χ2v) is 4.57. The fourth-order valence-electron chi connectivity index (χ4n) is 1.93. The molecular weight excluding hydrogens is 208 g/mol. The van der Waals surface area contributed by atoms with Crippen LogP contribution in [0.4, 0.5) is 0 Å². The van der Waals surface area contributed by atoms with E-state index >= 15 is 0 Å². The van der Waals surface area contributed by atoms with Crippen molar-refractivity contribution in [3.05, 3.63) is 22.4 Å². The number of thiophene rings is 1. The van der Waals surface area contributed by atoms with Gasteiger partial charge in [-0.1, -0.05) is 6.92 Å². The SMILES string of the molecule is CCNC1CCN(Cc2ccsc2)C1=O. The van der Waals surface area contributed by atoms with Crippen molar-refractivity contribution >= 4 is 17.2 Å². The normalized spacial score (nSPS) is 21.3. The fourth-order valence-corrected chi connectivity index (χ4v) is 2.59. The molecule has 1 aliphatic heterocycles. The van der Waals surface area contributed by atoms with Gasteiger partial charge < -0.3 is 10.2 Å². The Morgan fingerprint density at radius 1 is 1.67 bits per heavy atom. The van der Waals surface area contributed by atoms with Gasteiger partial charge in [-0.2, -0.15) is 11.3 Å². The van der Waals surface area contributed by atoms with E-state index in [1.165, 1.54) is 5.56 Å². The zero-order valence-electron chi connectivity index (χ0n) is 8.90. The molecule has 3 nitrogen and oxygen atoms in total. The lowest BCUT2D eigenvalue weighted by Gasteiger charge is -2.15. The van der Waals surface area contributed by atoms with Gasteiger partial charge in [-0.25, -0.2) is 0 Å². The van der Waals surface area contributed by atoms with E-state index in [0.717, 1.165) is 26.1 Å². The van der Waals surface area contributed by atoms with E-state index in [0.29, 0.717) is 0 Å². The van der Waals surface area contributed by atoms with Crippen LogP contribution in [0.15, 0.2) is 16.8 Å². The monoisotopic (exact) mass is 224 g/mol. The molecule has 0 radical (unpaired) electrons. The van der Waals surface area contributed by atoms with Crippen LogP contribution in [0.3, 0.4) is 0 Å². The molecule has 0 aliphatic carbocycles. The summed E-state index contributed by atoms with van der Waals surface area (Å²) in [6.07, 6.45) is 0.941. The highest BCUT2D eigenvalue weighted by Gasteiger charge is 2.30. The van der Waals surface area contributed by atoms with E-state index in [2.05, 4.69) is 22.1 Å². The predicted molar refractivity (Wildman–Crippen MR) is 61.8 cm³/mol. The van der Waals surface area contributed by atoms with Gasteiger partial charge in [0.1, 0.15) is 0 Å². The number of hydrogen-bond acceptors (Lipinski definition) is 3. The summed E-state index contributed by atoms with van der Waals surface area (Å²) in [6, 6.07) is 2.13. The number of carbonyl (C=O) groups excluding carboxylic acids is 1. The van der Waals surface area contributed by atoms with E-state index < -0.39 is 0 Å². The van der Waals surface area contributed by atoms with E-state index in [1.54, 1.807) is 11.3 Å². The molecule has 2 heterocycles. The molecular formula is C11H16N2OS. The molecule has 0 saturated carbocycles. The highest BCUT2D eigenvalue weighted by Crippen LogP contribution is 2.16.